The first-order valence-electron chi connectivity index (χ1n) is 7.12. The van der Waals surface area contributed by atoms with E-state index < -0.39 is 0 Å². The summed E-state index contributed by atoms with van der Waals surface area (Å²) in [6.45, 7) is 6.05. The first-order chi connectivity index (χ1) is 9.86. The second kappa shape index (κ2) is 5.38. The molecule has 2 aromatic rings. The number of nitrogens with zero attached hydrogens (tertiary/aromatic N) is 1. The number of hydrogen-bond donors (Lipinski definition) is 0. The van der Waals surface area contributed by atoms with Crippen molar-refractivity contribution in [3.63, 3.8) is 0 Å². The molecule has 1 heteroatoms. The van der Waals surface area contributed by atoms with Gasteiger partial charge in [-0.1, -0.05) is 49.1 Å². The molecule has 1 aliphatic carbocycles. The van der Waals surface area contributed by atoms with Crippen LogP contribution < -0.4 is 0 Å². The quantitative estimate of drug-likeness (QED) is 0.686. The Morgan fingerprint density at radius 1 is 1.20 bits per heavy atom. The van der Waals surface area contributed by atoms with E-state index in [9.17, 15) is 0 Å². The lowest BCUT2D eigenvalue weighted by molar-refractivity contribution is 1.01. The molecule has 100 valence electrons. The van der Waals surface area contributed by atoms with Gasteiger partial charge in [-0.15, -0.1) is 0 Å². The Kier molecular flexibility index (Phi) is 3.42. The van der Waals surface area contributed by atoms with E-state index in [1.165, 1.54) is 27.9 Å². The number of rotatable bonds is 3. The lowest BCUT2D eigenvalue weighted by atomic mass is 10.1. The van der Waals surface area contributed by atoms with Crippen LogP contribution in [0.4, 0.5) is 0 Å². The number of allylic oxidation sites excluding steroid dienone is 5. The van der Waals surface area contributed by atoms with Gasteiger partial charge in [-0.25, -0.2) is 0 Å². The number of fused-ring (bicyclic) bond motifs is 1. The predicted molar refractivity (Wildman–Crippen MR) is 89.4 cm³/mol. The van der Waals surface area contributed by atoms with Crippen molar-refractivity contribution in [2.24, 2.45) is 0 Å². The van der Waals surface area contributed by atoms with Crippen molar-refractivity contribution in [2.75, 3.05) is 0 Å². The number of benzene rings is 1. The Balaban J connectivity index is 2.39. The molecule has 0 fully saturated rings. The zero-order chi connectivity index (χ0) is 13.9. The van der Waals surface area contributed by atoms with Crippen molar-refractivity contribution >= 4 is 28.8 Å². The molecule has 0 atom stereocenters. The fraction of sp³-hybridized carbons (Fsp3) is 0.158. The topological polar surface area (TPSA) is 4.93 Å². The van der Waals surface area contributed by atoms with Crippen molar-refractivity contribution in [3.8, 4) is 0 Å². The molecule has 0 amide bonds. The molecule has 1 aliphatic rings. The SMILES string of the molecule is C=Cc1c(/C=C\C)n(C2=CCCC=C2)c2ccccc12. The van der Waals surface area contributed by atoms with Crippen LogP contribution in [0.15, 0.2) is 55.1 Å². The minimum absolute atomic E-state index is 1.11. The molecule has 0 unspecified atom stereocenters. The Labute approximate surface area is 120 Å². The third kappa shape index (κ3) is 1.96. The predicted octanol–water partition coefficient (Wildman–Crippen LogP) is 5.51. The van der Waals surface area contributed by atoms with Gasteiger partial charge >= 0.3 is 0 Å². The van der Waals surface area contributed by atoms with Crippen LogP contribution in [0, 0.1) is 0 Å². The van der Waals surface area contributed by atoms with E-state index in [1.807, 2.05) is 6.08 Å². The first-order valence-corrected chi connectivity index (χ1v) is 7.12. The lowest BCUT2D eigenvalue weighted by Gasteiger charge is -2.13. The molecule has 1 nitrogen and oxygen atoms in total. The molecule has 0 bridgehead atoms. The molecule has 0 saturated heterocycles. The molecule has 0 spiro atoms. The summed E-state index contributed by atoms with van der Waals surface area (Å²) in [5.41, 5.74) is 4.92. The first kappa shape index (κ1) is 12.7. The van der Waals surface area contributed by atoms with Gasteiger partial charge in [0.2, 0.25) is 0 Å². The monoisotopic (exact) mass is 261 g/mol. The average Bonchev–Trinajstić information content (AvgIpc) is 2.82. The summed E-state index contributed by atoms with van der Waals surface area (Å²) in [4.78, 5) is 0. The van der Waals surface area contributed by atoms with Crippen LogP contribution in [0.2, 0.25) is 0 Å². The molecular weight excluding hydrogens is 242 g/mol. The fourth-order valence-electron chi connectivity index (χ4n) is 2.86. The van der Waals surface area contributed by atoms with Gasteiger partial charge in [-0.05, 0) is 38.0 Å². The largest absolute Gasteiger partial charge is 0.310 e. The molecule has 0 radical (unpaired) electrons. The van der Waals surface area contributed by atoms with Gasteiger partial charge in [-0.3, -0.25) is 0 Å². The molecular formula is C19H19N. The zero-order valence-electron chi connectivity index (χ0n) is 11.8. The van der Waals surface area contributed by atoms with E-state index in [4.69, 9.17) is 0 Å². The highest BCUT2D eigenvalue weighted by Gasteiger charge is 2.15. The minimum Gasteiger partial charge on any atom is -0.310 e. The third-order valence-electron chi connectivity index (χ3n) is 3.71. The van der Waals surface area contributed by atoms with Crippen LogP contribution >= 0.6 is 0 Å². The number of para-hydroxylation sites is 1. The van der Waals surface area contributed by atoms with Gasteiger partial charge in [-0.2, -0.15) is 0 Å². The molecule has 0 saturated carbocycles. The van der Waals surface area contributed by atoms with Crippen LogP contribution in [0.1, 0.15) is 31.0 Å². The van der Waals surface area contributed by atoms with E-state index in [1.54, 1.807) is 0 Å². The average molecular weight is 261 g/mol. The molecule has 0 N–H and O–H groups in total. The molecule has 1 aromatic carbocycles. The van der Waals surface area contributed by atoms with Gasteiger partial charge in [0.1, 0.15) is 0 Å². The van der Waals surface area contributed by atoms with Crippen molar-refractivity contribution in [1.82, 2.24) is 4.57 Å². The molecule has 1 heterocycles. The summed E-state index contributed by atoms with van der Waals surface area (Å²) < 4.78 is 2.34. The Morgan fingerprint density at radius 2 is 2.05 bits per heavy atom. The Hall–Kier alpha value is -2.28. The van der Waals surface area contributed by atoms with Crippen LogP contribution in [0.3, 0.4) is 0 Å². The van der Waals surface area contributed by atoms with Crippen LogP contribution in [-0.2, 0) is 0 Å². The molecule has 20 heavy (non-hydrogen) atoms. The van der Waals surface area contributed by atoms with Crippen LogP contribution in [0.25, 0.3) is 28.8 Å². The van der Waals surface area contributed by atoms with Gasteiger partial charge < -0.3 is 4.57 Å². The number of hydrogen-bond acceptors (Lipinski definition) is 0. The zero-order valence-corrected chi connectivity index (χ0v) is 11.8. The molecule has 3 rings (SSSR count). The van der Waals surface area contributed by atoms with Gasteiger partial charge in [0.15, 0.2) is 0 Å². The standard InChI is InChI=1S/C19H19N/c1-3-10-18-16(4-2)17-13-8-9-14-19(17)20(18)15-11-6-5-7-12-15/h3-4,6,8-14H,2,5,7H2,1H3/b10-3-. The number of aromatic nitrogens is 1. The summed E-state index contributed by atoms with van der Waals surface area (Å²) in [6.07, 6.45) is 15.2. The maximum Gasteiger partial charge on any atom is 0.0540 e. The lowest BCUT2D eigenvalue weighted by Crippen LogP contribution is -1.99. The summed E-state index contributed by atoms with van der Waals surface area (Å²) in [7, 11) is 0. The van der Waals surface area contributed by atoms with E-state index in [-0.39, 0.29) is 0 Å². The molecule has 0 aliphatic heterocycles. The van der Waals surface area contributed by atoms with Gasteiger partial charge in [0.05, 0.1) is 11.2 Å². The maximum absolute atomic E-state index is 4.00. The Bertz CT molecular complexity index is 738. The van der Waals surface area contributed by atoms with Crippen LogP contribution in [-0.4, -0.2) is 4.57 Å². The van der Waals surface area contributed by atoms with Gasteiger partial charge in [0, 0.05) is 16.6 Å². The highest BCUT2D eigenvalue weighted by molar-refractivity contribution is 5.96. The van der Waals surface area contributed by atoms with E-state index in [2.05, 4.69) is 72.7 Å². The molecule has 1 aromatic heterocycles. The summed E-state index contributed by atoms with van der Waals surface area (Å²) in [5.74, 6) is 0. The van der Waals surface area contributed by atoms with E-state index in [0.717, 1.165) is 12.8 Å². The smallest absolute Gasteiger partial charge is 0.0540 e. The van der Waals surface area contributed by atoms with Crippen molar-refractivity contribution in [2.45, 2.75) is 19.8 Å². The van der Waals surface area contributed by atoms with Crippen molar-refractivity contribution < 1.29 is 0 Å². The van der Waals surface area contributed by atoms with Crippen LogP contribution in [0.5, 0.6) is 0 Å². The maximum atomic E-state index is 4.00. The van der Waals surface area contributed by atoms with E-state index in [0.29, 0.717) is 0 Å². The van der Waals surface area contributed by atoms with E-state index >= 15 is 0 Å². The highest BCUT2D eigenvalue weighted by atomic mass is 15.0. The van der Waals surface area contributed by atoms with Crippen molar-refractivity contribution in [1.29, 1.82) is 0 Å². The summed E-state index contributed by atoms with van der Waals surface area (Å²) in [6, 6.07) is 8.53. The fourth-order valence-corrected chi connectivity index (χ4v) is 2.86. The summed E-state index contributed by atoms with van der Waals surface area (Å²) in [5, 5.41) is 1.26. The van der Waals surface area contributed by atoms with Crippen molar-refractivity contribution in [3.05, 3.63) is 66.4 Å². The summed E-state index contributed by atoms with van der Waals surface area (Å²) >= 11 is 0. The Morgan fingerprint density at radius 3 is 2.75 bits per heavy atom. The minimum atomic E-state index is 1.11. The second-order valence-electron chi connectivity index (χ2n) is 4.96. The van der Waals surface area contributed by atoms with Gasteiger partial charge in [0.25, 0.3) is 0 Å². The highest BCUT2D eigenvalue weighted by Crippen LogP contribution is 2.32. The third-order valence-corrected chi connectivity index (χ3v) is 3.71. The normalized spacial score (nSPS) is 14.9. The second-order valence-corrected chi connectivity index (χ2v) is 4.96.